The van der Waals surface area contributed by atoms with Crippen molar-refractivity contribution < 1.29 is 21.6 Å². The number of rotatable bonds is 4. The highest BCUT2D eigenvalue weighted by Gasteiger charge is 2.31. The van der Waals surface area contributed by atoms with Crippen LogP contribution in [0.5, 0.6) is 0 Å². The van der Waals surface area contributed by atoms with E-state index in [4.69, 9.17) is 0 Å². The van der Waals surface area contributed by atoms with Crippen LogP contribution in [0, 0.1) is 0 Å². The molecule has 4 nitrogen and oxygen atoms in total. The quantitative estimate of drug-likeness (QED) is 0.846. The SMILES string of the molecule is CN(Cc1ccc(C(F)(F)F)cc1)C1CCN(S(C)(=O)=O)C1. The fraction of sp³-hybridized carbons (Fsp3) is 0.571. The molecular formula is C14H19F3N2O2S. The molecule has 1 aliphatic rings. The Hall–Kier alpha value is -1.12. The number of nitrogens with zero attached hydrogens (tertiary/aromatic N) is 2. The molecule has 0 aliphatic carbocycles. The first-order valence-electron chi connectivity index (χ1n) is 6.89. The summed E-state index contributed by atoms with van der Waals surface area (Å²) in [6, 6.07) is 5.14. The van der Waals surface area contributed by atoms with Gasteiger partial charge in [-0.1, -0.05) is 12.1 Å². The van der Waals surface area contributed by atoms with E-state index in [-0.39, 0.29) is 6.04 Å². The molecule has 1 aromatic rings. The van der Waals surface area contributed by atoms with Crippen molar-refractivity contribution in [2.24, 2.45) is 0 Å². The summed E-state index contributed by atoms with van der Waals surface area (Å²) in [5, 5.41) is 0. The molecule has 0 bridgehead atoms. The van der Waals surface area contributed by atoms with Gasteiger partial charge in [0.1, 0.15) is 0 Å². The molecule has 1 fully saturated rings. The minimum Gasteiger partial charge on any atom is -0.298 e. The van der Waals surface area contributed by atoms with E-state index in [1.807, 2.05) is 11.9 Å². The highest BCUT2D eigenvalue weighted by atomic mass is 32.2. The molecule has 0 amide bonds. The lowest BCUT2D eigenvalue weighted by molar-refractivity contribution is -0.137. The molecule has 0 saturated carbocycles. The fourth-order valence-corrected chi connectivity index (χ4v) is 3.47. The van der Waals surface area contributed by atoms with E-state index in [9.17, 15) is 21.6 Å². The van der Waals surface area contributed by atoms with Crippen molar-refractivity contribution in [3.8, 4) is 0 Å². The summed E-state index contributed by atoms with van der Waals surface area (Å²) in [4.78, 5) is 1.98. The summed E-state index contributed by atoms with van der Waals surface area (Å²) < 4.78 is 61.9. The molecule has 1 saturated heterocycles. The van der Waals surface area contributed by atoms with Crippen LogP contribution in [0.2, 0.25) is 0 Å². The van der Waals surface area contributed by atoms with Gasteiger partial charge in [0, 0.05) is 25.7 Å². The first-order chi connectivity index (χ1) is 10.1. The zero-order chi connectivity index (χ0) is 16.5. The topological polar surface area (TPSA) is 40.6 Å². The van der Waals surface area contributed by atoms with Crippen LogP contribution in [0.25, 0.3) is 0 Å². The van der Waals surface area contributed by atoms with E-state index in [2.05, 4.69) is 0 Å². The average Bonchev–Trinajstić information content (AvgIpc) is 2.87. The number of hydrogen-bond donors (Lipinski definition) is 0. The van der Waals surface area contributed by atoms with E-state index >= 15 is 0 Å². The van der Waals surface area contributed by atoms with Crippen molar-refractivity contribution in [2.75, 3.05) is 26.4 Å². The van der Waals surface area contributed by atoms with Crippen molar-refractivity contribution >= 4 is 10.0 Å². The van der Waals surface area contributed by atoms with E-state index in [0.717, 1.165) is 24.1 Å². The van der Waals surface area contributed by atoms with Gasteiger partial charge in [-0.15, -0.1) is 0 Å². The molecule has 1 atom stereocenters. The first-order valence-corrected chi connectivity index (χ1v) is 8.73. The molecule has 2 rings (SSSR count). The molecular weight excluding hydrogens is 317 g/mol. The molecule has 0 spiro atoms. The van der Waals surface area contributed by atoms with E-state index in [1.165, 1.54) is 22.7 Å². The monoisotopic (exact) mass is 336 g/mol. The van der Waals surface area contributed by atoms with Crippen LogP contribution in [0.3, 0.4) is 0 Å². The van der Waals surface area contributed by atoms with Crippen LogP contribution in [0.4, 0.5) is 13.2 Å². The molecule has 1 aliphatic heterocycles. The third-order valence-corrected chi connectivity index (χ3v) is 5.20. The van der Waals surface area contributed by atoms with Gasteiger partial charge in [-0.25, -0.2) is 12.7 Å². The predicted octanol–water partition coefficient (Wildman–Crippen LogP) is 2.17. The number of halogens is 3. The summed E-state index contributed by atoms with van der Waals surface area (Å²) in [7, 11) is -1.33. The second-order valence-electron chi connectivity index (χ2n) is 5.67. The number of alkyl halides is 3. The Labute approximate surface area is 128 Å². The molecule has 1 unspecified atom stereocenters. The highest BCUT2D eigenvalue weighted by Crippen LogP contribution is 2.29. The Balaban J connectivity index is 1.97. The standard InChI is InChI=1S/C14H19F3N2O2S/c1-18(13-7-8-19(10-13)22(2,20)21)9-11-3-5-12(6-4-11)14(15,16)17/h3-6,13H,7-10H2,1-2H3. The maximum atomic E-state index is 12.5. The van der Waals surface area contributed by atoms with Crippen LogP contribution in [0.15, 0.2) is 24.3 Å². The highest BCUT2D eigenvalue weighted by molar-refractivity contribution is 7.88. The molecule has 0 aromatic heterocycles. The van der Waals surface area contributed by atoms with Gasteiger partial charge in [-0.3, -0.25) is 4.90 Å². The van der Waals surface area contributed by atoms with Gasteiger partial charge in [0.2, 0.25) is 10.0 Å². The van der Waals surface area contributed by atoms with Crippen molar-refractivity contribution in [1.82, 2.24) is 9.21 Å². The predicted molar refractivity (Wildman–Crippen MR) is 77.7 cm³/mol. The zero-order valence-electron chi connectivity index (χ0n) is 12.5. The van der Waals surface area contributed by atoms with E-state index in [1.54, 1.807) is 0 Å². The molecule has 124 valence electrons. The Morgan fingerprint density at radius 3 is 2.32 bits per heavy atom. The maximum Gasteiger partial charge on any atom is 0.416 e. The van der Waals surface area contributed by atoms with Gasteiger partial charge in [-0.05, 0) is 31.2 Å². The molecule has 1 heterocycles. The van der Waals surface area contributed by atoms with E-state index < -0.39 is 21.8 Å². The van der Waals surface area contributed by atoms with Crippen LogP contribution in [0.1, 0.15) is 17.5 Å². The molecule has 8 heteroatoms. The summed E-state index contributed by atoms with van der Waals surface area (Å²) in [6.07, 6.45) is -2.42. The normalized spacial score (nSPS) is 20.7. The third-order valence-electron chi connectivity index (χ3n) is 3.93. The van der Waals surface area contributed by atoms with Crippen LogP contribution < -0.4 is 0 Å². The minimum atomic E-state index is -4.33. The zero-order valence-corrected chi connectivity index (χ0v) is 13.3. The van der Waals surface area contributed by atoms with Crippen molar-refractivity contribution in [2.45, 2.75) is 25.2 Å². The largest absolute Gasteiger partial charge is 0.416 e. The summed E-state index contributed by atoms with van der Waals surface area (Å²) in [6.45, 7) is 1.40. The minimum absolute atomic E-state index is 0.0806. The van der Waals surface area contributed by atoms with E-state index in [0.29, 0.717) is 19.6 Å². The lowest BCUT2D eigenvalue weighted by Gasteiger charge is -2.24. The molecule has 1 aromatic carbocycles. The number of likely N-dealkylation sites (N-methyl/N-ethyl adjacent to an activating group) is 1. The van der Waals surface area contributed by atoms with Crippen LogP contribution in [-0.4, -0.2) is 50.1 Å². The van der Waals surface area contributed by atoms with Gasteiger partial charge in [-0.2, -0.15) is 13.2 Å². The smallest absolute Gasteiger partial charge is 0.298 e. The van der Waals surface area contributed by atoms with Crippen molar-refractivity contribution in [3.63, 3.8) is 0 Å². The second kappa shape index (κ2) is 6.17. The van der Waals surface area contributed by atoms with Gasteiger partial charge < -0.3 is 0 Å². The van der Waals surface area contributed by atoms with Crippen molar-refractivity contribution in [1.29, 1.82) is 0 Å². The molecule has 0 N–H and O–H groups in total. The Bertz CT molecular complexity index is 614. The molecule has 0 radical (unpaired) electrons. The first kappa shape index (κ1) is 17.2. The molecule has 22 heavy (non-hydrogen) atoms. The Morgan fingerprint density at radius 1 is 1.27 bits per heavy atom. The summed E-state index contributed by atoms with van der Waals surface area (Å²) >= 11 is 0. The number of sulfonamides is 1. The lowest BCUT2D eigenvalue weighted by atomic mass is 10.1. The number of benzene rings is 1. The summed E-state index contributed by atoms with van der Waals surface area (Å²) in [5.74, 6) is 0. The summed E-state index contributed by atoms with van der Waals surface area (Å²) in [5.41, 5.74) is 0.108. The van der Waals surface area contributed by atoms with Gasteiger partial charge >= 0.3 is 6.18 Å². The fourth-order valence-electron chi connectivity index (χ4n) is 2.59. The average molecular weight is 336 g/mol. The Kier molecular flexibility index (Phi) is 4.84. The van der Waals surface area contributed by atoms with Gasteiger partial charge in [0.25, 0.3) is 0 Å². The third kappa shape index (κ3) is 4.21. The van der Waals surface area contributed by atoms with Crippen LogP contribution >= 0.6 is 0 Å². The van der Waals surface area contributed by atoms with Crippen LogP contribution in [-0.2, 0) is 22.7 Å². The maximum absolute atomic E-state index is 12.5. The second-order valence-corrected chi connectivity index (χ2v) is 7.66. The van der Waals surface area contributed by atoms with Gasteiger partial charge in [0.15, 0.2) is 0 Å². The van der Waals surface area contributed by atoms with Gasteiger partial charge in [0.05, 0.1) is 11.8 Å². The number of hydrogen-bond acceptors (Lipinski definition) is 3. The van der Waals surface area contributed by atoms with Crippen molar-refractivity contribution in [3.05, 3.63) is 35.4 Å². The lowest BCUT2D eigenvalue weighted by Crippen LogP contribution is -2.35. The Morgan fingerprint density at radius 2 is 1.86 bits per heavy atom.